The predicted molar refractivity (Wildman–Crippen MR) is 132 cm³/mol. The molecular weight excluding hydrogens is 485 g/mol. The molecule has 0 saturated carbocycles. The van der Waals surface area contributed by atoms with E-state index in [9.17, 15) is 18.0 Å². The molecule has 0 N–H and O–H groups in total. The van der Waals surface area contributed by atoms with E-state index in [2.05, 4.69) is 9.88 Å². The van der Waals surface area contributed by atoms with Gasteiger partial charge in [-0.25, -0.2) is 4.98 Å². The Morgan fingerprint density at radius 1 is 1.11 bits per heavy atom. The van der Waals surface area contributed by atoms with Gasteiger partial charge >= 0.3 is 12.1 Å². The van der Waals surface area contributed by atoms with Crippen LogP contribution in [0.5, 0.6) is 5.75 Å². The summed E-state index contributed by atoms with van der Waals surface area (Å²) in [6.07, 6.45) is -0.970. The van der Waals surface area contributed by atoms with Crippen molar-refractivity contribution in [3.8, 4) is 17.2 Å². The molecule has 9 heteroatoms. The van der Waals surface area contributed by atoms with Crippen LogP contribution in [-0.2, 0) is 28.7 Å². The SMILES string of the molecule is CCOC(=O)C1CCCCN1Cc1ccc(OCCc2nc(-c3ccc(C(F)(F)F)cc3)oc2C)cc1. The Morgan fingerprint density at radius 2 is 1.84 bits per heavy atom. The standard InChI is InChI=1S/C28H31F3N2O4/c1-3-35-27(34)25-6-4-5-16-33(25)18-20-7-13-23(14-8-20)36-17-15-24-19(2)37-26(32-24)21-9-11-22(12-10-21)28(29,30)31/h7-14,25H,3-6,15-18H2,1-2H3. The molecule has 0 radical (unpaired) electrons. The number of hydrogen-bond donors (Lipinski definition) is 0. The average molecular weight is 517 g/mol. The number of carbonyl (C=O) groups is 1. The quantitative estimate of drug-likeness (QED) is 0.315. The Labute approximate surface area is 214 Å². The number of hydrogen-bond acceptors (Lipinski definition) is 6. The Bertz CT molecular complexity index is 1170. The molecule has 0 spiro atoms. The number of alkyl halides is 3. The zero-order valence-corrected chi connectivity index (χ0v) is 21.0. The second-order valence-electron chi connectivity index (χ2n) is 9.07. The van der Waals surface area contributed by atoms with Crippen LogP contribution in [0.25, 0.3) is 11.5 Å². The van der Waals surface area contributed by atoms with Crippen LogP contribution in [0, 0.1) is 6.92 Å². The fraction of sp³-hybridized carbons (Fsp3) is 0.429. The summed E-state index contributed by atoms with van der Waals surface area (Å²) in [7, 11) is 0. The molecule has 2 aromatic carbocycles. The van der Waals surface area contributed by atoms with Crippen LogP contribution in [-0.4, -0.2) is 41.7 Å². The van der Waals surface area contributed by atoms with Gasteiger partial charge in [0.15, 0.2) is 0 Å². The Morgan fingerprint density at radius 3 is 2.51 bits per heavy atom. The Balaban J connectivity index is 1.30. The van der Waals surface area contributed by atoms with Gasteiger partial charge in [-0.15, -0.1) is 0 Å². The summed E-state index contributed by atoms with van der Waals surface area (Å²) in [5.74, 6) is 1.45. The third kappa shape index (κ3) is 6.91. The normalized spacial score (nSPS) is 16.5. The number of aryl methyl sites for hydroxylation is 1. The summed E-state index contributed by atoms with van der Waals surface area (Å²) >= 11 is 0. The lowest BCUT2D eigenvalue weighted by Crippen LogP contribution is -2.44. The van der Waals surface area contributed by atoms with Gasteiger partial charge in [0.1, 0.15) is 17.6 Å². The van der Waals surface area contributed by atoms with E-state index in [0.29, 0.717) is 48.9 Å². The summed E-state index contributed by atoms with van der Waals surface area (Å²) in [5, 5.41) is 0. The van der Waals surface area contributed by atoms with Gasteiger partial charge in [0.25, 0.3) is 0 Å². The highest BCUT2D eigenvalue weighted by Gasteiger charge is 2.31. The summed E-state index contributed by atoms with van der Waals surface area (Å²) in [6.45, 7) is 5.90. The number of aromatic nitrogens is 1. The lowest BCUT2D eigenvalue weighted by atomic mass is 10.0. The van der Waals surface area contributed by atoms with Gasteiger partial charge in [0, 0.05) is 18.5 Å². The number of ether oxygens (including phenoxy) is 2. The number of carbonyl (C=O) groups excluding carboxylic acids is 1. The van der Waals surface area contributed by atoms with E-state index in [1.54, 1.807) is 6.92 Å². The number of esters is 1. The minimum atomic E-state index is -4.38. The van der Waals surface area contributed by atoms with E-state index in [1.165, 1.54) is 12.1 Å². The molecule has 1 atom stereocenters. The molecule has 1 aliphatic rings. The van der Waals surface area contributed by atoms with Crippen LogP contribution in [0.15, 0.2) is 52.9 Å². The lowest BCUT2D eigenvalue weighted by molar-refractivity contribution is -0.151. The maximum Gasteiger partial charge on any atom is 0.416 e. The fourth-order valence-corrected chi connectivity index (χ4v) is 4.46. The van der Waals surface area contributed by atoms with Gasteiger partial charge in [-0.1, -0.05) is 18.6 Å². The monoisotopic (exact) mass is 516 g/mol. The van der Waals surface area contributed by atoms with Crippen LogP contribution in [0.4, 0.5) is 13.2 Å². The van der Waals surface area contributed by atoms with Crippen LogP contribution in [0.1, 0.15) is 48.8 Å². The summed E-state index contributed by atoms with van der Waals surface area (Å²) in [4.78, 5) is 18.9. The van der Waals surface area contributed by atoms with Crippen molar-refractivity contribution in [2.24, 2.45) is 0 Å². The molecule has 1 saturated heterocycles. The summed E-state index contributed by atoms with van der Waals surface area (Å²) < 4.78 is 55.2. The topological polar surface area (TPSA) is 64.8 Å². The van der Waals surface area contributed by atoms with Crippen LogP contribution < -0.4 is 4.74 Å². The first kappa shape index (κ1) is 26.7. The molecular formula is C28H31F3N2O4. The molecule has 0 aliphatic carbocycles. The van der Waals surface area contributed by atoms with Crippen molar-refractivity contribution >= 4 is 5.97 Å². The minimum Gasteiger partial charge on any atom is -0.493 e. The molecule has 1 fully saturated rings. The average Bonchev–Trinajstić information content (AvgIpc) is 3.25. The van der Waals surface area contributed by atoms with Crippen molar-refractivity contribution in [3.05, 3.63) is 71.1 Å². The molecule has 2 heterocycles. The smallest absolute Gasteiger partial charge is 0.416 e. The summed E-state index contributed by atoms with van der Waals surface area (Å²) in [5.41, 5.74) is 1.56. The first-order chi connectivity index (χ1) is 17.7. The van der Waals surface area contributed by atoms with Crippen molar-refractivity contribution in [3.63, 3.8) is 0 Å². The maximum atomic E-state index is 12.8. The van der Waals surface area contributed by atoms with Gasteiger partial charge in [-0.2, -0.15) is 13.2 Å². The number of piperidine rings is 1. The van der Waals surface area contributed by atoms with Crippen LogP contribution in [0.2, 0.25) is 0 Å². The van der Waals surface area contributed by atoms with Crippen LogP contribution in [0.3, 0.4) is 0 Å². The molecule has 6 nitrogen and oxygen atoms in total. The minimum absolute atomic E-state index is 0.146. The molecule has 0 bridgehead atoms. The summed E-state index contributed by atoms with van der Waals surface area (Å²) in [6, 6.07) is 12.4. The highest BCUT2D eigenvalue weighted by atomic mass is 19.4. The maximum absolute atomic E-state index is 12.8. The Kier molecular flexibility index (Phi) is 8.53. The van der Waals surface area contributed by atoms with Crippen molar-refractivity contribution in [1.29, 1.82) is 0 Å². The number of halogens is 3. The first-order valence-corrected chi connectivity index (χ1v) is 12.5. The first-order valence-electron chi connectivity index (χ1n) is 12.5. The van der Waals surface area contributed by atoms with Gasteiger partial charge in [-0.3, -0.25) is 9.69 Å². The van der Waals surface area contributed by atoms with Gasteiger partial charge in [0.2, 0.25) is 5.89 Å². The van der Waals surface area contributed by atoms with E-state index in [1.807, 2.05) is 31.2 Å². The lowest BCUT2D eigenvalue weighted by Gasteiger charge is -2.33. The van der Waals surface area contributed by atoms with Crippen molar-refractivity contribution in [1.82, 2.24) is 9.88 Å². The molecule has 1 aliphatic heterocycles. The third-order valence-electron chi connectivity index (χ3n) is 6.44. The zero-order chi connectivity index (χ0) is 26.4. The molecule has 4 rings (SSSR count). The number of rotatable bonds is 9. The molecule has 198 valence electrons. The molecule has 1 unspecified atom stereocenters. The molecule has 3 aromatic rings. The fourth-order valence-electron chi connectivity index (χ4n) is 4.46. The number of oxazole rings is 1. The number of nitrogens with zero attached hydrogens (tertiary/aromatic N) is 2. The van der Waals surface area contributed by atoms with E-state index >= 15 is 0 Å². The van der Waals surface area contributed by atoms with E-state index < -0.39 is 11.7 Å². The molecule has 1 aromatic heterocycles. The Hall–Kier alpha value is -3.33. The van der Waals surface area contributed by atoms with Crippen molar-refractivity contribution in [2.45, 2.75) is 58.3 Å². The van der Waals surface area contributed by atoms with Crippen molar-refractivity contribution in [2.75, 3.05) is 19.8 Å². The molecule has 0 amide bonds. The van der Waals surface area contributed by atoms with E-state index in [0.717, 1.165) is 43.5 Å². The largest absolute Gasteiger partial charge is 0.493 e. The van der Waals surface area contributed by atoms with Gasteiger partial charge < -0.3 is 13.9 Å². The van der Waals surface area contributed by atoms with E-state index in [-0.39, 0.29) is 17.9 Å². The predicted octanol–water partition coefficient (Wildman–Crippen LogP) is 6.21. The van der Waals surface area contributed by atoms with Gasteiger partial charge in [0.05, 0.1) is 24.5 Å². The second-order valence-corrected chi connectivity index (χ2v) is 9.07. The van der Waals surface area contributed by atoms with Gasteiger partial charge in [-0.05, 0) is 75.2 Å². The number of benzene rings is 2. The second kappa shape index (κ2) is 11.8. The highest BCUT2D eigenvalue weighted by molar-refractivity contribution is 5.75. The van der Waals surface area contributed by atoms with E-state index in [4.69, 9.17) is 13.9 Å². The van der Waals surface area contributed by atoms with Crippen molar-refractivity contribution < 1.29 is 31.9 Å². The highest BCUT2D eigenvalue weighted by Crippen LogP contribution is 2.31. The third-order valence-corrected chi connectivity index (χ3v) is 6.44. The number of likely N-dealkylation sites (tertiary alicyclic amines) is 1. The van der Waals surface area contributed by atoms with Crippen LogP contribution >= 0.6 is 0 Å². The molecule has 37 heavy (non-hydrogen) atoms. The zero-order valence-electron chi connectivity index (χ0n) is 21.0.